The molecule has 27 heavy (non-hydrogen) atoms. The number of aryl methyl sites for hydroxylation is 1. The fourth-order valence-electron chi connectivity index (χ4n) is 3.74. The van der Waals surface area contributed by atoms with Crippen LogP contribution in [0, 0.1) is 0 Å². The summed E-state index contributed by atoms with van der Waals surface area (Å²) >= 11 is 0. The van der Waals surface area contributed by atoms with E-state index < -0.39 is 0 Å². The van der Waals surface area contributed by atoms with Crippen molar-refractivity contribution in [1.82, 2.24) is 19.7 Å². The van der Waals surface area contributed by atoms with Crippen LogP contribution in [0.15, 0.2) is 48.7 Å². The number of hydrogen-bond acceptors (Lipinski definition) is 5. The molecule has 1 aromatic carbocycles. The number of hydrogen-bond donors (Lipinski definition) is 1. The van der Waals surface area contributed by atoms with Gasteiger partial charge in [-0.25, -0.2) is 4.98 Å². The molecule has 140 valence electrons. The summed E-state index contributed by atoms with van der Waals surface area (Å²) in [6, 6.07) is 14.1. The first-order valence-corrected chi connectivity index (χ1v) is 9.20. The molecule has 0 aliphatic heterocycles. The SMILES string of the molecule is COc1cccc(CN(C)C2CCc3nn(-c4ccccn4)c(O)c3C2)c1. The molecule has 1 aliphatic rings. The average Bonchev–Trinajstić information content (AvgIpc) is 3.05. The molecule has 2 heterocycles. The number of pyridine rings is 1. The van der Waals surface area contributed by atoms with Gasteiger partial charge in [0.25, 0.3) is 0 Å². The third kappa shape index (κ3) is 3.53. The minimum absolute atomic E-state index is 0.211. The molecule has 0 amide bonds. The molecule has 0 saturated carbocycles. The molecule has 1 atom stereocenters. The highest BCUT2D eigenvalue weighted by atomic mass is 16.5. The molecule has 4 rings (SSSR count). The zero-order valence-electron chi connectivity index (χ0n) is 15.7. The van der Waals surface area contributed by atoms with Crippen molar-refractivity contribution in [3.63, 3.8) is 0 Å². The maximum atomic E-state index is 10.7. The van der Waals surface area contributed by atoms with Crippen LogP contribution in [0.5, 0.6) is 11.6 Å². The van der Waals surface area contributed by atoms with E-state index in [0.717, 1.165) is 42.8 Å². The molecule has 0 saturated heterocycles. The summed E-state index contributed by atoms with van der Waals surface area (Å²) in [5.41, 5.74) is 3.13. The van der Waals surface area contributed by atoms with Gasteiger partial charge in [-0.05, 0) is 56.1 Å². The topological polar surface area (TPSA) is 63.4 Å². The highest BCUT2D eigenvalue weighted by Gasteiger charge is 2.28. The van der Waals surface area contributed by atoms with E-state index in [2.05, 4.69) is 34.2 Å². The molecule has 6 nitrogen and oxygen atoms in total. The molecular weight excluding hydrogens is 340 g/mol. The van der Waals surface area contributed by atoms with Gasteiger partial charge in [-0.1, -0.05) is 18.2 Å². The van der Waals surface area contributed by atoms with Crippen molar-refractivity contribution >= 4 is 0 Å². The minimum Gasteiger partial charge on any atom is -0.497 e. The summed E-state index contributed by atoms with van der Waals surface area (Å²) < 4.78 is 6.87. The Labute approximate surface area is 159 Å². The Balaban J connectivity index is 1.51. The van der Waals surface area contributed by atoms with E-state index in [1.54, 1.807) is 18.0 Å². The molecular formula is C21H24N4O2. The first kappa shape index (κ1) is 17.5. The number of rotatable bonds is 5. The lowest BCUT2D eigenvalue weighted by Gasteiger charge is -2.30. The van der Waals surface area contributed by atoms with Gasteiger partial charge in [0.05, 0.1) is 12.8 Å². The molecule has 3 aromatic rings. The maximum Gasteiger partial charge on any atom is 0.219 e. The fraction of sp³-hybridized carbons (Fsp3) is 0.333. The summed E-state index contributed by atoms with van der Waals surface area (Å²) in [6.07, 6.45) is 4.37. The molecule has 1 N–H and O–H groups in total. The summed E-state index contributed by atoms with van der Waals surface area (Å²) in [5.74, 6) is 1.73. The average molecular weight is 364 g/mol. The third-order valence-electron chi connectivity index (χ3n) is 5.25. The largest absolute Gasteiger partial charge is 0.497 e. The van der Waals surface area contributed by atoms with Crippen LogP contribution in [0.4, 0.5) is 0 Å². The van der Waals surface area contributed by atoms with Crippen LogP contribution >= 0.6 is 0 Å². The second-order valence-electron chi connectivity index (χ2n) is 7.01. The molecule has 1 unspecified atom stereocenters. The molecule has 0 fully saturated rings. The first-order chi connectivity index (χ1) is 13.2. The van der Waals surface area contributed by atoms with Crippen LogP contribution in [0.2, 0.25) is 0 Å². The second kappa shape index (κ2) is 7.40. The number of methoxy groups -OCH3 is 1. The van der Waals surface area contributed by atoms with Crippen molar-refractivity contribution in [2.24, 2.45) is 0 Å². The van der Waals surface area contributed by atoms with E-state index in [1.807, 2.05) is 30.3 Å². The molecule has 2 aromatic heterocycles. The third-order valence-corrected chi connectivity index (χ3v) is 5.25. The normalized spacial score (nSPS) is 16.3. The molecule has 0 bridgehead atoms. The van der Waals surface area contributed by atoms with Gasteiger partial charge < -0.3 is 9.84 Å². The van der Waals surface area contributed by atoms with Crippen molar-refractivity contribution in [3.05, 3.63) is 65.5 Å². The van der Waals surface area contributed by atoms with Crippen LogP contribution in [0.25, 0.3) is 5.82 Å². The van der Waals surface area contributed by atoms with Gasteiger partial charge in [-0.2, -0.15) is 9.78 Å². The van der Waals surface area contributed by atoms with E-state index in [4.69, 9.17) is 4.74 Å². The van der Waals surface area contributed by atoms with Gasteiger partial charge in [0.15, 0.2) is 5.82 Å². The highest BCUT2D eigenvalue weighted by molar-refractivity contribution is 5.39. The number of benzene rings is 1. The van der Waals surface area contributed by atoms with E-state index in [-0.39, 0.29) is 5.88 Å². The molecule has 6 heteroatoms. The monoisotopic (exact) mass is 364 g/mol. The standard InChI is InChI=1S/C21H24N4O2/c1-24(14-15-6-5-7-17(12-15)27-2)16-9-10-19-18(13-16)21(26)25(23-19)20-8-3-4-11-22-20/h3-8,11-12,16,26H,9-10,13-14H2,1-2H3. The van der Waals surface area contributed by atoms with Crippen LogP contribution < -0.4 is 4.74 Å². The summed E-state index contributed by atoms with van der Waals surface area (Å²) in [6.45, 7) is 0.840. The van der Waals surface area contributed by atoms with E-state index in [1.165, 1.54) is 5.56 Å². The Hall–Kier alpha value is -2.86. The predicted octanol–water partition coefficient (Wildman–Crippen LogP) is 2.97. The van der Waals surface area contributed by atoms with E-state index in [0.29, 0.717) is 11.9 Å². The lowest BCUT2D eigenvalue weighted by molar-refractivity contribution is 0.212. The molecule has 0 radical (unpaired) electrons. The van der Waals surface area contributed by atoms with Crippen molar-refractivity contribution < 1.29 is 9.84 Å². The molecule has 1 aliphatic carbocycles. The lowest BCUT2D eigenvalue weighted by atomic mass is 9.92. The van der Waals surface area contributed by atoms with Crippen molar-refractivity contribution in [2.45, 2.75) is 31.8 Å². The van der Waals surface area contributed by atoms with Crippen molar-refractivity contribution in [1.29, 1.82) is 0 Å². The molecule has 0 spiro atoms. The Morgan fingerprint density at radius 2 is 2.15 bits per heavy atom. The number of likely N-dealkylation sites (N-methyl/N-ethyl adjacent to an activating group) is 1. The summed E-state index contributed by atoms with van der Waals surface area (Å²) in [7, 11) is 3.82. The predicted molar refractivity (Wildman–Crippen MR) is 103 cm³/mol. The Kier molecular flexibility index (Phi) is 4.81. The Morgan fingerprint density at radius 1 is 1.26 bits per heavy atom. The van der Waals surface area contributed by atoms with Crippen LogP contribution in [-0.4, -0.2) is 45.0 Å². The Bertz CT molecular complexity index is 923. The number of aromatic nitrogens is 3. The quantitative estimate of drug-likeness (QED) is 0.754. The number of aromatic hydroxyl groups is 1. The van der Waals surface area contributed by atoms with Gasteiger partial charge in [-0.15, -0.1) is 0 Å². The minimum atomic E-state index is 0.211. The van der Waals surface area contributed by atoms with Gasteiger partial charge in [-0.3, -0.25) is 4.90 Å². The number of nitrogens with zero attached hydrogens (tertiary/aromatic N) is 4. The zero-order valence-corrected chi connectivity index (χ0v) is 15.7. The van der Waals surface area contributed by atoms with E-state index in [9.17, 15) is 5.11 Å². The van der Waals surface area contributed by atoms with Crippen LogP contribution in [0.1, 0.15) is 23.2 Å². The van der Waals surface area contributed by atoms with Gasteiger partial charge in [0.1, 0.15) is 5.75 Å². The lowest BCUT2D eigenvalue weighted by Crippen LogP contribution is -2.35. The summed E-state index contributed by atoms with van der Waals surface area (Å²) in [5, 5.41) is 15.3. The number of fused-ring (bicyclic) bond motifs is 1. The zero-order chi connectivity index (χ0) is 18.8. The first-order valence-electron chi connectivity index (χ1n) is 9.20. The fourth-order valence-corrected chi connectivity index (χ4v) is 3.74. The van der Waals surface area contributed by atoms with Crippen LogP contribution in [-0.2, 0) is 19.4 Å². The van der Waals surface area contributed by atoms with E-state index >= 15 is 0 Å². The van der Waals surface area contributed by atoms with Gasteiger partial charge >= 0.3 is 0 Å². The maximum absolute atomic E-state index is 10.7. The Morgan fingerprint density at radius 3 is 2.93 bits per heavy atom. The van der Waals surface area contributed by atoms with Crippen LogP contribution in [0.3, 0.4) is 0 Å². The smallest absolute Gasteiger partial charge is 0.219 e. The van der Waals surface area contributed by atoms with Gasteiger partial charge in [0.2, 0.25) is 5.88 Å². The van der Waals surface area contributed by atoms with Gasteiger partial charge in [0, 0.05) is 24.3 Å². The summed E-state index contributed by atoms with van der Waals surface area (Å²) in [4.78, 5) is 6.64. The number of ether oxygens (including phenoxy) is 1. The van der Waals surface area contributed by atoms with Crippen molar-refractivity contribution in [3.8, 4) is 17.4 Å². The highest BCUT2D eigenvalue weighted by Crippen LogP contribution is 2.32. The van der Waals surface area contributed by atoms with Crippen molar-refractivity contribution in [2.75, 3.05) is 14.2 Å². The second-order valence-corrected chi connectivity index (χ2v) is 7.01.